The summed E-state index contributed by atoms with van der Waals surface area (Å²) < 4.78 is 12.8. The molecule has 5 nitrogen and oxygen atoms in total. The second kappa shape index (κ2) is 9.27. The van der Waals surface area contributed by atoms with E-state index in [0.717, 1.165) is 45.9 Å². The quantitative estimate of drug-likeness (QED) is 0.445. The highest BCUT2D eigenvalue weighted by atomic mass is 79.9. The molecule has 0 atom stereocenters. The zero-order valence-corrected chi connectivity index (χ0v) is 18.0. The number of pyridine rings is 2. The molecule has 0 bridgehead atoms. The smallest absolute Gasteiger partial charge is 0.163 e. The molecule has 29 heavy (non-hydrogen) atoms. The van der Waals surface area contributed by atoms with Crippen LogP contribution in [-0.2, 0) is 6.54 Å². The zero-order chi connectivity index (χ0) is 20.1. The number of hydrogen-bond acceptors (Lipinski definition) is 5. The highest BCUT2D eigenvalue weighted by Crippen LogP contribution is 2.37. The van der Waals surface area contributed by atoms with Crippen LogP contribution in [0, 0.1) is 0 Å². The summed E-state index contributed by atoms with van der Waals surface area (Å²) in [6.07, 6.45) is 10.4. The first-order valence-electron chi connectivity index (χ1n) is 9.85. The van der Waals surface area contributed by atoms with Crippen LogP contribution in [0.15, 0.2) is 65.5 Å². The molecule has 1 saturated carbocycles. The van der Waals surface area contributed by atoms with Crippen molar-refractivity contribution in [2.24, 2.45) is 0 Å². The molecule has 0 aliphatic heterocycles. The highest BCUT2D eigenvalue weighted by Gasteiger charge is 2.20. The van der Waals surface area contributed by atoms with Crippen LogP contribution in [0.5, 0.6) is 11.5 Å². The molecule has 0 radical (unpaired) electrons. The maximum atomic E-state index is 6.30. The number of rotatable bonds is 7. The highest BCUT2D eigenvalue weighted by molar-refractivity contribution is 9.10. The van der Waals surface area contributed by atoms with Crippen molar-refractivity contribution in [2.45, 2.75) is 38.3 Å². The van der Waals surface area contributed by atoms with Gasteiger partial charge in [0.1, 0.15) is 5.82 Å². The van der Waals surface area contributed by atoms with Crippen LogP contribution in [0.1, 0.15) is 31.2 Å². The Morgan fingerprint density at radius 1 is 1.07 bits per heavy atom. The Bertz CT molecular complexity index is 929. The van der Waals surface area contributed by atoms with E-state index in [9.17, 15) is 0 Å². The summed E-state index contributed by atoms with van der Waals surface area (Å²) in [5, 5.41) is 0. The number of nitrogens with zero attached hydrogens (tertiary/aromatic N) is 3. The van der Waals surface area contributed by atoms with E-state index in [4.69, 9.17) is 9.47 Å². The van der Waals surface area contributed by atoms with E-state index in [1.54, 1.807) is 13.3 Å². The minimum Gasteiger partial charge on any atom is -0.493 e. The Hall–Kier alpha value is -2.60. The predicted octanol–water partition coefficient (Wildman–Crippen LogP) is 5.91. The molecule has 0 saturated heterocycles. The van der Waals surface area contributed by atoms with Crippen LogP contribution in [0.25, 0.3) is 0 Å². The van der Waals surface area contributed by atoms with Gasteiger partial charge in [-0.15, -0.1) is 0 Å². The molecule has 0 spiro atoms. The maximum Gasteiger partial charge on any atom is 0.163 e. The SMILES string of the molecule is COc1ccc(N(Cc2cccnc2)c2ccc(Br)cn2)cc1OC1CCCC1. The van der Waals surface area contributed by atoms with Gasteiger partial charge in [-0.05, 0) is 77.5 Å². The second-order valence-electron chi connectivity index (χ2n) is 7.14. The van der Waals surface area contributed by atoms with Gasteiger partial charge in [-0.25, -0.2) is 4.98 Å². The summed E-state index contributed by atoms with van der Waals surface area (Å²) in [5.41, 5.74) is 2.10. The molecule has 2 aromatic heterocycles. The van der Waals surface area contributed by atoms with Crippen molar-refractivity contribution in [3.05, 3.63) is 71.1 Å². The van der Waals surface area contributed by atoms with Gasteiger partial charge in [0.15, 0.2) is 11.5 Å². The monoisotopic (exact) mass is 453 g/mol. The number of methoxy groups -OCH3 is 1. The Kier molecular flexibility index (Phi) is 6.30. The summed E-state index contributed by atoms with van der Waals surface area (Å²) in [7, 11) is 1.68. The van der Waals surface area contributed by atoms with Gasteiger partial charge in [-0.3, -0.25) is 4.98 Å². The van der Waals surface area contributed by atoms with Gasteiger partial charge < -0.3 is 14.4 Å². The summed E-state index contributed by atoms with van der Waals surface area (Å²) in [6, 6.07) is 14.1. The van der Waals surface area contributed by atoms with Gasteiger partial charge in [0.25, 0.3) is 0 Å². The summed E-state index contributed by atoms with van der Waals surface area (Å²) in [5.74, 6) is 2.39. The van der Waals surface area contributed by atoms with E-state index in [0.29, 0.717) is 6.54 Å². The van der Waals surface area contributed by atoms with E-state index in [1.165, 1.54) is 12.8 Å². The lowest BCUT2D eigenvalue weighted by Gasteiger charge is -2.25. The van der Waals surface area contributed by atoms with E-state index in [1.807, 2.05) is 42.7 Å². The molecule has 6 heteroatoms. The average molecular weight is 454 g/mol. The van der Waals surface area contributed by atoms with Crippen molar-refractivity contribution >= 4 is 27.4 Å². The third-order valence-corrected chi connectivity index (χ3v) is 5.58. The Morgan fingerprint density at radius 3 is 2.62 bits per heavy atom. The van der Waals surface area contributed by atoms with Gasteiger partial charge in [0.2, 0.25) is 0 Å². The third-order valence-electron chi connectivity index (χ3n) is 5.11. The van der Waals surface area contributed by atoms with Crippen molar-refractivity contribution in [3.8, 4) is 11.5 Å². The van der Waals surface area contributed by atoms with Crippen molar-refractivity contribution in [1.29, 1.82) is 0 Å². The molecule has 150 valence electrons. The molecule has 0 N–H and O–H groups in total. The van der Waals surface area contributed by atoms with Gasteiger partial charge in [-0.1, -0.05) is 6.07 Å². The van der Waals surface area contributed by atoms with Crippen molar-refractivity contribution < 1.29 is 9.47 Å². The summed E-state index contributed by atoms with van der Waals surface area (Å²) in [4.78, 5) is 11.0. The van der Waals surface area contributed by atoms with Crippen LogP contribution >= 0.6 is 15.9 Å². The predicted molar refractivity (Wildman–Crippen MR) is 118 cm³/mol. The molecule has 2 heterocycles. The van der Waals surface area contributed by atoms with Gasteiger partial charge >= 0.3 is 0 Å². The van der Waals surface area contributed by atoms with E-state index in [2.05, 4.69) is 42.9 Å². The fraction of sp³-hybridized carbons (Fsp3) is 0.304. The van der Waals surface area contributed by atoms with Gasteiger partial charge in [0, 0.05) is 34.8 Å². The van der Waals surface area contributed by atoms with Crippen LogP contribution in [-0.4, -0.2) is 23.2 Å². The van der Waals surface area contributed by atoms with Gasteiger partial charge in [-0.2, -0.15) is 0 Å². The molecular weight excluding hydrogens is 430 g/mol. The lowest BCUT2D eigenvalue weighted by Crippen LogP contribution is -2.18. The Morgan fingerprint density at radius 2 is 1.93 bits per heavy atom. The molecule has 4 rings (SSSR count). The Balaban J connectivity index is 1.69. The van der Waals surface area contributed by atoms with E-state index >= 15 is 0 Å². The average Bonchev–Trinajstić information content (AvgIpc) is 3.27. The first kappa shape index (κ1) is 19.7. The second-order valence-corrected chi connectivity index (χ2v) is 8.06. The Labute approximate surface area is 179 Å². The van der Waals surface area contributed by atoms with Crippen molar-refractivity contribution in [3.63, 3.8) is 0 Å². The molecule has 1 aliphatic rings. The van der Waals surface area contributed by atoms with E-state index < -0.39 is 0 Å². The molecule has 0 amide bonds. The van der Waals surface area contributed by atoms with Crippen molar-refractivity contribution in [1.82, 2.24) is 9.97 Å². The van der Waals surface area contributed by atoms with Gasteiger partial charge in [0.05, 0.1) is 19.8 Å². The largest absolute Gasteiger partial charge is 0.493 e. The number of halogens is 1. The lowest BCUT2D eigenvalue weighted by molar-refractivity contribution is 0.201. The minimum atomic E-state index is 0.261. The lowest BCUT2D eigenvalue weighted by atomic mass is 10.2. The number of ether oxygens (including phenoxy) is 2. The third kappa shape index (κ3) is 4.88. The number of hydrogen-bond donors (Lipinski definition) is 0. The zero-order valence-electron chi connectivity index (χ0n) is 16.4. The maximum absolute atomic E-state index is 6.30. The first-order chi connectivity index (χ1) is 14.2. The minimum absolute atomic E-state index is 0.261. The van der Waals surface area contributed by atoms with Crippen molar-refractivity contribution in [2.75, 3.05) is 12.0 Å². The summed E-state index contributed by atoms with van der Waals surface area (Å²) in [6.45, 7) is 0.650. The molecule has 0 unspecified atom stereocenters. The first-order valence-corrected chi connectivity index (χ1v) is 10.6. The number of benzene rings is 1. The van der Waals surface area contributed by atoms with Crippen LogP contribution in [0.3, 0.4) is 0 Å². The standard InChI is InChI=1S/C23H24BrN3O2/c1-28-21-10-9-19(13-22(21)29-20-6-2-3-7-20)27(16-17-5-4-12-25-14-17)23-11-8-18(24)15-26-23/h4-5,8-15,20H,2-3,6-7,16H2,1H3. The molecule has 1 aliphatic carbocycles. The molecule has 1 aromatic carbocycles. The molecule has 1 fully saturated rings. The number of aromatic nitrogens is 2. The fourth-order valence-corrected chi connectivity index (χ4v) is 3.85. The number of anilines is 2. The summed E-state index contributed by atoms with van der Waals surface area (Å²) >= 11 is 3.47. The van der Waals surface area contributed by atoms with Crippen LogP contribution < -0.4 is 14.4 Å². The fourth-order valence-electron chi connectivity index (χ4n) is 3.62. The topological polar surface area (TPSA) is 47.5 Å². The molecular formula is C23H24BrN3O2. The normalized spacial score (nSPS) is 14.0. The van der Waals surface area contributed by atoms with Crippen LogP contribution in [0.2, 0.25) is 0 Å². The molecule has 3 aromatic rings. The van der Waals surface area contributed by atoms with E-state index in [-0.39, 0.29) is 6.10 Å². The van der Waals surface area contributed by atoms with Crippen LogP contribution in [0.4, 0.5) is 11.5 Å².